The molecule has 1 fully saturated rings. The highest BCUT2D eigenvalue weighted by atomic mass is 79.9. The maximum absolute atomic E-state index is 11.1. The molecule has 70 valence electrons. The number of carbonyl (C=O) groups is 1. The molecule has 5 heteroatoms. The van der Waals surface area contributed by atoms with Gasteiger partial charge in [0.25, 0.3) is 0 Å². The summed E-state index contributed by atoms with van der Waals surface area (Å²) in [6, 6.07) is 0. The minimum absolute atomic E-state index is 0.133. The van der Waals surface area contributed by atoms with Gasteiger partial charge in [0, 0.05) is 0 Å². The van der Waals surface area contributed by atoms with Crippen molar-refractivity contribution in [1.29, 1.82) is 0 Å². The number of rotatable bonds is 2. The first-order chi connectivity index (χ1) is 5.57. The first-order valence-corrected chi connectivity index (χ1v) is 4.80. The van der Waals surface area contributed by atoms with Crippen molar-refractivity contribution >= 4 is 21.7 Å². The highest BCUT2D eigenvalue weighted by molar-refractivity contribution is 9.09. The highest BCUT2D eigenvalue weighted by Crippen LogP contribution is 2.21. The Morgan fingerprint density at radius 2 is 2.08 bits per heavy atom. The summed E-state index contributed by atoms with van der Waals surface area (Å²) in [4.78, 5) is 11.1. The molecular weight excluding hydrogens is 228 g/mol. The normalized spacial score (nSPS) is 41.7. The summed E-state index contributed by atoms with van der Waals surface area (Å²) in [5.74, 6) is -0.245. The van der Waals surface area contributed by atoms with Gasteiger partial charge < -0.3 is 14.9 Å². The van der Waals surface area contributed by atoms with E-state index >= 15 is 0 Å². The van der Waals surface area contributed by atoms with Crippen molar-refractivity contribution in [2.45, 2.75) is 31.3 Å². The number of hydrogen-bond acceptors (Lipinski definition) is 4. The van der Waals surface area contributed by atoms with Crippen LogP contribution in [0.4, 0.5) is 0 Å². The van der Waals surface area contributed by atoms with Crippen LogP contribution in [-0.2, 0) is 9.53 Å². The fourth-order valence-electron chi connectivity index (χ4n) is 1.19. The predicted molar refractivity (Wildman–Crippen MR) is 45.1 cm³/mol. The fraction of sp³-hybridized carbons (Fsp3) is 0.857. The topological polar surface area (TPSA) is 66.8 Å². The molecule has 0 spiro atoms. The zero-order valence-electron chi connectivity index (χ0n) is 6.61. The van der Waals surface area contributed by atoms with Gasteiger partial charge in [-0.2, -0.15) is 0 Å². The molecule has 4 nitrogen and oxygen atoms in total. The van der Waals surface area contributed by atoms with E-state index in [1.165, 1.54) is 0 Å². The lowest BCUT2D eigenvalue weighted by Gasteiger charge is -2.11. The minimum Gasteiger partial charge on any atom is -0.388 e. The smallest absolute Gasteiger partial charge is 0.174 e. The van der Waals surface area contributed by atoms with Crippen molar-refractivity contribution in [2.24, 2.45) is 0 Å². The number of hydrogen-bond donors (Lipinski definition) is 2. The molecule has 2 N–H and O–H groups in total. The van der Waals surface area contributed by atoms with Gasteiger partial charge in [0.05, 0.1) is 11.4 Å². The predicted octanol–water partition coefficient (Wildman–Crippen LogP) is -0.541. The molecule has 0 aromatic heterocycles. The quantitative estimate of drug-likeness (QED) is 0.635. The fourth-order valence-corrected chi connectivity index (χ4v) is 1.51. The SMILES string of the molecule is C[C@@H]1O[C@H](C(=O)CBr)[C@H](O)[C@@H]1O. The standard InChI is InChI=1S/C7H11BrO4/c1-3-5(10)6(11)7(12-3)4(9)2-8/h3,5-7,10-11H,2H2,1H3/t3-,5+,6+,7+/m0/s1. The lowest BCUT2D eigenvalue weighted by Crippen LogP contribution is -2.36. The van der Waals surface area contributed by atoms with Crippen LogP contribution in [0.3, 0.4) is 0 Å². The second-order valence-electron chi connectivity index (χ2n) is 2.84. The van der Waals surface area contributed by atoms with Crippen LogP contribution in [0.2, 0.25) is 0 Å². The summed E-state index contributed by atoms with van der Waals surface area (Å²) >= 11 is 2.97. The molecule has 0 saturated carbocycles. The molecule has 0 aliphatic carbocycles. The molecule has 1 aliphatic heterocycles. The molecule has 4 atom stereocenters. The molecule has 1 rings (SSSR count). The van der Waals surface area contributed by atoms with Gasteiger partial charge in [0.2, 0.25) is 0 Å². The van der Waals surface area contributed by atoms with Gasteiger partial charge in [0.15, 0.2) is 5.78 Å². The molecule has 0 aromatic carbocycles. The third-order valence-electron chi connectivity index (χ3n) is 1.95. The Balaban J connectivity index is 2.64. The monoisotopic (exact) mass is 238 g/mol. The Kier molecular flexibility index (Phi) is 3.22. The Morgan fingerprint density at radius 3 is 2.42 bits per heavy atom. The molecular formula is C7H11BrO4. The van der Waals surface area contributed by atoms with E-state index in [0.717, 1.165) is 0 Å². The number of Topliss-reactive ketones (excluding diaryl/α,β-unsaturated/α-hetero) is 1. The maximum atomic E-state index is 11.1. The Bertz CT molecular complexity index is 184. The highest BCUT2D eigenvalue weighted by Gasteiger charge is 2.43. The van der Waals surface area contributed by atoms with E-state index in [2.05, 4.69) is 15.9 Å². The van der Waals surface area contributed by atoms with Gasteiger partial charge in [0.1, 0.15) is 18.3 Å². The van der Waals surface area contributed by atoms with Crippen molar-refractivity contribution in [1.82, 2.24) is 0 Å². The molecule has 1 heterocycles. The Hall–Kier alpha value is 0.0300. The first-order valence-electron chi connectivity index (χ1n) is 3.68. The van der Waals surface area contributed by atoms with Crippen LogP contribution < -0.4 is 0 Å². The summed E-state index contributed by atoms with van der Waals surface area (Å²) < 4.78 is 5.06. The number of aliphatic hydroxyl groups excluding tert-OH is 2. The van der Waals surface area contributed by atoms with Crippen molar-refractivity contribution in [3.8, 4) is 0 Å². The van der Waals surface area contributed by atoms with E-state index in [4.69, 9.17) is 4.74 Å². The number of ether oxygens (including phenoxy) is 1. The number of aliphatic hydroxyl groups is 2. The van der Waals surface area contributed by atoms with E-state index in [1.54, 1.807) is 6.92 Å². The second-order valence-corrected chi connectivity index (χ2v) is 3.40. The molecule has 1 saturated heterocycles. The lowest BCUT2D eigenvalue weighted by molar-refractivity contribution is -0.130. The van der Waals surface area contributed by atoms with E-state index in [-0.39, 0.29) is 11.1 Å². The minimum atomic E-state index is -1.09. The van der Waals surface area contributed by atoms with Gasteiger partial charge in [-0.3, -0.25) is 4.79 Å². The largest absolute Gasteiger partial charge is 0.388 e. The number of halogens is 1. The molecule has 0 aromatic rings. The second kappa shape index (κ2) is 3.83. The van der Waals surface area contributed by atoms with Gasteiger partial charge in [-0.1, -0.05) is 15.9 Å². The van der Waals surface area contributed by atoms with Crippen LogP contribution in [0.1, 0.15) is 6.92 Å². The third-order valence-corrected chi connectivity index (χ3v) is 2.50. The van der Waals surface area contributed by atoms with Gasteiger partial charge in [-0.25, -0.2) is 0 Å². The Labute approximate surface area is 78.7 Å². The molecule has 12 heavy (non-hydrogen) atoms. The summed E-state index contributed by atoms with van der Waals surface area (Å²) in [7, 11) is 0. The van der Waals surface area contributed by atoms with Crippen molar-refractivity contribution < 1.29 is 19.7 Å². The van der Waals surface area contributed by atoms with E-state index < -0.39 is 24.4 Å². The van der Waals surface area contributed by atoms with Crippen LogP contribution in [0.25, 0.3) is 0 Å². The van der Waals surface area contributed by atoms with Crippen molar-refractivity contribution in [3.63, 3.8) is 0 Å². The van der Waals surface area contributed by atoms with Crippen LogP contribution in [0.5, 0.6) is 0 Å². The maximum Gasteiger partial charge on any atom is 0.174 e. The zero-order chi connectivity index (χ0) is 9.30. The third kappa shape index (κ3) is 1.69. The van der Waals surface area contributed by atoms with Gasteiger partial charge in [-0.15, -0.1) is 0 Å². The summed E-state index contributed by atoms with van der Waals surface area (Å²) in [6.45, 7) is 1.62. The molecule has 0 amide bonds. The van der Waals surface area contributed by atoms with Gasteiger partial charge >= 0.3 is 0 Å². The number of carbonyl (C=O) groups excluding carboxylic acids is 1. The summed E-state index contributed by atoms with van der Waals surface area (Å²) in [5.41, 5.74) is 0. The lowest BCUT2D eigenvalue weighted by atomic mass is 10.1. The molecule has 1 aliphatic rings. The van der Waals surface area contributed by atoms with Crippen LogP contribution >= 0.6 is 15.9 Å². The van der Waals surface area contributed by atoms with Crippen LogP contribution in [0, 0.1) is 0 Å². The summed E-state index contributed by atoms with van der Waals surface area (Å²) in [5, 5.41) is 18.7. The zero-order valence-corrected chi connectivity index (χ0v) is 8.19. The van der Waals surface area contributed by atoms with E-state index in [1.807, 2.05) is 0 Å². The van der Waals surface area contributed by atoms with E-state index in [9.17, 15) is 15.0 Å². The summed E-state index contributed by atoms with van der Waals surface area (Å²) in [6.07, 6.45) is -3.41. The molecule has 0 radical (unpaired) electrons. The Morgan fingerprint density at radius 1 is 1.50 bits per heavy atom. The van der Waals surface area contributed by atoms with Crippen LogP contribution in [0.15, 0.2) is 0 Å². The van der Waals surface area contributed by atoms with Crippen molar-refractivity contribution in [2.75, 3.05) is 5.33 Å². The average Bonchev–Trinajstić information content (AvgIpc) is 2.32. The number of alkyl halides is 1. The molecule has 0 bridgehead atoms. The van der Waals surface area contributed by atoms with E-state index in [0.29, 0.717) is 0 Å². The van der Waals surface area contributed by atoms with Gasteiger partial charge in [-0.05, 0) is 6.92 Å². The number of ketones is 1. The average molecular weight is 239 g/mol. The van der Waals surface area contributed by atoms with Crippen molar-refractivity contribution in [3.05, 3.63) is 0 Å². The molecule has 0 unspecified atom stereocenters. The van der Waals surface area contributed by atoms with Crippen LogP contribution in [-0.4, -0.2) is 45.7 Å². The first kappa shape index (κ1) is 10.1.